The molecule has 0 spiro atoms. The van der Waals surface area contributed by atoms with Crippen LogP contribution in [0.3, 0.4) is 0 Å². The second-order valence-corrected chi connectivity index (χ2v) is 8.48. The summed E-state index contributed by atoms with van der Waals surface area (Å²) < 4.78 is 11.7. The summed E-state index contributed by atoms with van der Waals surface area (Å²) in [6.45, 7) is 7.03. The van der Waals surface area contributed by atoms with Gasteiger partial charge in [-0.3, -0.25) is 4.79 Å². The largest absolute Gasteiger partial charge is 0.474 e. The highest BCUT2D eigenvalue weighted by Crippen LogP contribution is 2.25. The predicted molar refractivity (Wildman–Crippen MR) is 119 cm³/mol. The number of amides is 1. The smallest absolute Gasteiger partial charge is 0.251 e. The topological polar surface area (TPSA) is 79.3 Å². The number of guanidine groups is 1. The van der Waals surface area contributed by atoms with Gasteiger partial charge in [-0.15, -0.1) is 0 Å². The number of ether oxygens (including phenoxy) is 2. The van der Waals surface area contributed by atoms with E-state index in [1.807, 2.05) is 17.0 Å². The molecule has 0 bridgehead atoms. The van der Waals surface area contributed by atoms with Crippen LogP contribution in [0.1, 0.15) is 51.0 Å². The van der Waals surface area contributed by atoms with Gasteiger partial charge in [0.2, 0.25) is 5.88 Å². The summed E-state index contributed by atoms with van der Waals surface area (Å²) >= 11 is 0. The van der Waals surface area contributed by atoms with Crippen LogP contribution < -0.4 is 10.1 Å². The van der Waals surface area contributed by atoms with Crippen molar-refractivity contribution in [2.75, 3.05) is 39.3 Å². The van der Waals surface area contributed by atoms with Crippen LogP contribution >= 0.6 is 0 Å². The molecule has 3 aliphatic rings. The maximum absolute atomic E-state index is 12.6. The molecule has 1 saturated carbocycles. The van der Waals surface area contributed by atoms with E-state index in [4.69, 9.17) is 14.5 Å². The van der Waals surface area contributed by atoms with Crippen LogP contribution in [0.15, 0.2) is 23.3 Å². The van der Waals surface area contributed by atoms with Crippen molar-refractivity contribution in [2.45, 2.75) is 64.2 Å². The van der Waals surface area contributed by atoms with Gasteiger partial charge in [-0.2, -0.15) is 0 Å². The number of nitrogens with one attached hydrogen (secondary N) is 1. The average molecular weight is 430 g/mol. The van der Waals surface area contributed by atoms with Gasteiger partial charge in [0.25, 0.3) is 5.91 Å². The van der Waals surface area contributed by atoms with Crippen molar-refractivity contribution in [3.8, 4) is 5.88 Å². The fourth-order valence-corrected chi connectivity index (χ4v) is 4.52. The van der Waals surface area contributed by atoms with Crippen molar-refractivity contribution in [1.29, 1.82) is 0 Å². The van der Waals surface area contributed by atoms with Gasteiger partial charge in [0.05, 0.1) is 6.54 Å². The minimum atomic E-state index is -0.239. The van der Waals surface area contributed by atoms with Gasteiger partial charge in [-0.25, -0.2) is 9.98 Å². The number of hydrogen-bond acceptors (Lipinski definition) is 5. The van der Waals surface area contributed by atoms with E-state index in [0.29, 0.717) is 32.1 Å². The maximum Gasteiger partial charge on any atom is 0.251 e. The highest BCUT2D eigenvalue weighted by atomic mass is 16.5. The number of pyridine rings is 1. The van der Waals surface area contributed by atoms with Crippen LogP contribution in [0.5, 0.6) is 5.88 Å². The summed E-state index contributed by atoms with van der Waals surface area (Å²) in [4.78, 5) is 26.1. The quantitative estimate of drug-likeness (QED) is 0.552. The van der Waals surface area contributed by atoms with Crippen molar-refractivity contribution in [3.05, 3.63) is 23.9 Å². The van der Waals surface area contributed by atoms with Crippen LogP contribution in [0.25, 0.3) is 0 Å². The van der Waals surface area contributed by atoms with Crippen LogP contribution in [-0.2, 0) is 16.1 Å². The summed E-state index contributed by atoms with van der Waals surface area (Å²) in [6, 6.07) is 3.98. The minimum Gasteiger partial charge on any atom is -0.474 e. The first-order chi connectivity index (χ1) is 15.2. The highest BCUT2D eigenvalue weighted by Gasteiger charge is 2.31. The number of piperazine rings is 1. The van der Waals surface area contributed by atoms with E-state index in [1.165, 1.54) is 12.8 Å². The Labute approximate surface area is 185 Å². The van der Waals surface area contributed by atoms with Gasteiger partial charge in [0, 0.05) is 51.1 Å². The minimum absolute atomic E-state index is 0.142. The van der Waals surface area contributed by atoms with E-state index in [1.54, 1.807) is 6.20 Å². The van der Waals surface area contributed by atoms with Gasteiger partial charge in [0.1, 0.15) is 12.2 Å². The first-order valence-corrected chi connectivity index (χ1v) is 11.8. The molecule has 170 valence electrons. The molecule has 4 rings (SSSR count). The molecule has 8 nitrogen and oxygen atoms in total. The van der Waals surface area contributed by atoms with Crippen molar-refractivity contribution in [3.63, 3.8) is 0 Å². The molecule has 1 unspecified atom stereocenters. The third-order valence-electron chi connectivity index (χ3n) is 6.26. The Kier molecular flexibility index (Phi) is 7.61. The number of aliphatic imine (C=N–C) groups is 1. The van der Waals surface area contributed by atoms with Gasteiger partial charge >= 0.3 is 0 Å². The second-order valence-electron chi connectivity index (χ2n) is 8.48. The molecular weight excluding hydrogens is 394 g/mol. The molecule has 1 N–H and O–H groups in total. The molecule has 3 fully saturated rings. The zero-order valence-corrected chi connectivity index (χ0v) is 18.6. The summed E-state index contributed by atoms with van der Waals surface area (Å²) in [5, 5.41) is 3.40. The van der Waals surface area contributed by atoms with Gasteiger partial charge < -0.3 is 24.6 Å². The van der Waals surface area contributed by atoms with E-state index in [-0.39, 0.29) is 18.1 Å². The van der Waals surface area contributed by atoms with Gasteiger partial charge in [-0.1, -0.05) is 6.07 Å². The van der Waals surface area contributed by atoms with Crippen LogP contribution in [0.4, 0.5) is 0 Å². The lowest BCUT2D eigenvalue weighted by atomic mass is 10.2. The van der Waals surface area contributed by atoms with E-state index < -0.39 is 0 Å². The predicted octanol–water partition coefficient (Wildman–Crippen LogP) is 2.19. The van der Waals surface area contributed by atoms with Crippen LogP contribution in [-0.4, -0.2) is 78.2 Å². The molecule has 3 heterocycles. The first kappa shape index (κ1) is 21.9. The third kappa shape index (κ3) is 5.67. The molecule has 2 aliphatic heterocycles. The summed E-state index contributed by atoms with van der Waals surface area (Å²) in [7, 11) is 0. The number of carbonyl (C=O) groups excluding carboxylic acids is 1. The van der Waals surface area contributed by atoms with Crippen molar-refractivity contribution >= 4 is 11.9 Å². The Bertz CT molecular complexity index is 751. The molecule has 1 aliphatic carbocycles. The average Bonchev–Trinajstić information content (AvgIpc) is 3.52. The van der Waals surface area contributed by atoms with E-state index in [2.05, 4.69) is 22.1 Å². The van der Waals surface area contributed by atoms with E-state index >= 15 is 0 Å². The summed E-state index contributed by atoms with van der Waals surface area (Å²) in [6.07, 6.45) is 8.33. The molecule has 8 heteroatoms. The first-order valence-electron chi connectivity index (χ1n) is 11.8. The Morgan fingerprint density at radius 3 is 2.68 bits per heavy atom. The Hall–Kier alpha value is -2.35. The zero-order chi connectivity index (χ0) is 21.5. The van der Waals surface area contributed by atoms with Crippen LogP contribution in [0, 0.1) is 0 Å². The number of hydrogen-bond donors (Lipinski definition) is 1. The normalized spacial score (nSPS) is 22.7. The Morgan fingerprint density at radius 1 is 1.19 bits per heavy atom. The van der Waals surface area contributed by atoms with Crippen molar-refractivity contribution in [1.82, 2.24) is 20.1 Å². The SMILES string of the molecule is CCNC(=NCc1cccnc1OC1CCCC1)N1CCN(C(=O)C2CCCO2)CC1. The standard InChI is InChI=1S/C23H35N5O3/c1-2-24-23(28-14-12-27(13-15-28)22(29)20-10-6-16-30-20)26-17-18-7-5-11-25-21(18)31-19-8-3-4-9-19/h5,7,11,19-20H,2-4,6,8-10,12-17H2,1H3,(H,24,26). The van der Waals surface area contributed by atoms with E-state index in [9.17, 15) is 4.79 Å². The lowest BCUT2D eigenvalue weighted by Crippen LogP contribution is -2.55. The lowest BCUT2D eigenvalue weighted by Gasteiger charge is -2.37. The fraction of sp³-hybridized carbons (Fsp3) is 0.696. The Balaban J connectivity index is 1.36. The maximum atomic E-state index is 12.6. The number of aromatic nitrogens is 1. The van der Waals surface area contributed by atoms with Crippen molar-refractivity contribution < 1.29 is 14.3 Å². The highest BCUT2D eigenvalue weighted by molar-refractivity contribution is 5.82. The zero-order valence-electron chi connectivity index (χ0n) is 18.6. The second kappa shape index (κ2) is 10.8. The monoisotopic (exact) mass is 429 g/mol. The van der Waals surface area contributed by atoms with E-state index in [0.717, 1.165) is 56.8 Å². The van der Waals surface area contributed by atoms with Gasteiger partial charge in [0.15, 0.2) is 5.96 Å². The molecule has 1 atom stereocenters. The van der Waals surface area contributed by atoms with Gasteiger partial charge in [-0.05, 0) is 51.5 Å². The fourth-order valence-electron chi connectivity index (χ4n) is 4.52. The lowest BCUT2D eigenvalue weighted by molar-refractivity contribution is -0.142. The molecular formula is C23H35N5O3. The number of nitrogens with zero attached hydrogens (tertiary/aromatic N) is 4. The summed E-state index contributed by atoms with van der Waals surface area (Å²) in [5.41, 5.74) is 1.01. The molecule has 1 amide bonds. The Morgan fingerprint density at radius 2 is 1.97 bits per heavy atom. The summed E-state index contributed by atoms with van der Waals surface area (Å²) in [5.74, 6) is 1.73. The molecule has 31 heavy (non-hydrogen) atoms. The molecule has 0 radical (unpaired) electrons. The number of rotatable bonds is 6. The van der Waals surface area contributed by atoms with Crippen LogP contribution in [0.2, 0.25) is 0 Å². The van der Waals surface area contributed by atoms with Crippen molar-refractivity contribution in [2.24, 2.45) is 4.99 Å². The molecule has 0 aromatic carbocycles. The number of carbonyl (C=O) groups is 1. The molecule has 1 aromatic rings. The molecule has 1 aromatic heterocycles. The third-order valence-corrected chi connectivity index (χ3v) is 6.26. The molecule has 2 saturated heterocycles.